The van der Waals surface area contributed by atoms with Crippen LogP contribution >= 0.6 is 9.24 Å². The van der Waals surface area contributed by atoms with E-state index in [2.05, 4.69) is 94.2 Å². The second-order valence-corrected chi connectivity index (χ2v) is 5.51. The van der Waals surface area contributed by atoms with Crippen LogP contribution in [0.25, 0.3) is 0 Å². The van der Waals surface area contributed by atoms with Crippen molar-refractivity contribution in [1.82, 2.24) is 0 Å². The molecule has 3 aromatic carbocycles. The zero-order valence-corrected chi connectivity index (χ0v) is 12.4. The predicted octanol–water partition coefficient (Wildman–Crippen LogP) is 1.70. The van der Waals surface area contributed by atoms with Crippen LogP contribution in [-0.4, -0.2) is 6.71 Å². The molecule has 20 heavy (non-hydrogen) atoms. The lowest BCUT2D eigenvalue weighted by atomic mass is 9.37. The number of rotatable bonds is 3. The molecule has 0 heterocycles. The fourth-order valence-electron chi connectivity index (χ4n) is 2.62. The van der Waals surface area contributed by atoms with Crippen LogP contribution in [0.3, 0.4) is 0 Å². The van der Waals surface area contributed by atoms with Gasteiger partial charge in [0.25, 0.3) is 0 Å². The molecule has 0 aliphatic heterocycles. The molecule has 0 nitrogen and oxygen atoms in total. The standard InChI is InChI=1S/C18H16BP/c20-18-14-8-7-13-17(18)19(15-9-3-1-4-10-15)16-11-5-2-6-12-16/h1-14H,20H2. The summed E-state index contributed by atoms with van der Waals surface area (Å²) < 4.78 is 0. The molecule has 1 atom stereocenters. The molecule has 3 rings (SSSR count). The zero-order valence-electron chi connectivity index (χ0n) is 11.2. The van der Waals surface area contributed by atoms with E-state index in [1.165, 1.54) is 21.7 Å². The topological polar surface area (TPSA) is 0 Å². The van der Waals surface area contributed by atoms with Gasteiger partial charge in [-0.05, 0) is 5.30 Å². The largest absolute Gasteiger partial charge is 0.241 e. The molecule has 1 unspecified atom stereocenters. The van der Waals surface area contributed by atoms with Crippen molar-refractivity contribution in [3.8, 4) is 0 Å². The summed E-state index contributed by atoms with van der Waals surface area (Å²) >= 11 is 0. The summed E-state index contributed by atoms with van der Waals surface area (Å²) in [5.74, 6) is 0. The molecule has 0 amide bonds. The first-order chi connectivity index (χ1) is 9.86. The van der Waals surface area contributed by atoms with E-state index in [0.29, 0.717) is 0 Å². The molecule has 2 heteroatoms. The van der Waals surface area contributed by atoms with E-state index in [-0.39, 0.29) is 6.71 Å². The minimum atomic E-state index is 0.283. The number of hydrogen-bond acceptors (Lipinski definition) is 0. The Morgan fingerprint density at radius 1 is 0.550 bits per heavy atom. The van der Waals surface area contributed by atoms with E-state index >= 15 is 0 Å². The van der Waals surface area contributed by atoms with Gasteiger partial charge in [-0.3, -0.25) is 0 Å². The van der Waals surface area contributed by atoms with Gasteiger partial charge >= 0.3 is 0 Å². The highest BCUT2D eigenvalue weighted by Crippen LogP contribution is 1.96. The number of benzene rings is 3. The van der Waals surface area contributed by atoms with E-state index in [9.17, 15) is 0 Å². The van der Waals surface area contributed by atoms with Crippen LogP contribution in [0, 0.1) is 0 Å². The summed E-state index contributed by atoms with van der Waals surface area (Å²) in [4.78, 5) is 0. The van der Waals surface area contributed by atoms with E-state index in [0.717, 1.165) is 0 Å². The summed E-state index contributed by atoms with van der Waals surface area (Å²) in [6, 6.07) is 29.9. The van der Waals surface area contributed by atoms with Gasteiger partial charge < -0.3 is 0 Å². The molecule has 3 aromatic rings. The van der Waals surface area contributed by atoms with Gasteiger partial charge in [0, 0.05) is 0 Å². The maximum atomic E-state index is 2.86. The van der Waals surface area contributed by atoms with Gasteiger partial charge in [0.1, 0.15) is 0 Å². The average Bonchev–Trinajstić information content (AvgIpc) is 2.52. The first-order valence-corrected chi connectivity index (χ1v) is 7.38. The minimum Gasteiger partial charge on any atom is -0.106 e. The van der Waals surface area contributed by atoms with Crippen molar-refractivity contribution in [2.24, 2.45) is 0 Å². The Labute approximate surface area is 123 Å². The molecule has 0 bridgehead atoms. The van der Waals surface area contributed by atoms with Gasteiger partial charge in [-0.1, -0.05) is 101 Å². The molecule has 0 saturated carbocycles. The van der Waals surface area contributed by atoms with E-state index < -0.39 is 0 Å². The van der Waals surface area contributed by atoms with Crippen LogP contribution < -0.4 is 21.7 Å². The maximum absolute atomic E-state index is 2.86. The molecule has 0 N–H and O–H groups in total. The van der Waals surface area contributed by atoms with Crippen molar-refractivity contribution in [3.63, 3.8) is 0 Å². The fourth-order valence-corrected chi connectivity index (χ4v) is 2.99. The average molecular weight is 274 g/mol. The van der Waals surface area contributed by atoms with Crippen molar-refractivity contribution in [1.29, 1.82) is 0 Å². The monoisotopic (exact) mass is 274 g/mol. The second kappa shape index (κ2) is 6.07. The first-order valence-electron chi connectivity index (χ1n) is 6.80. The molecule has 0 spiro atoms. The highest BCUT2D eigenvalue weighted by atomic mass is 31.0. The highest BCUT2D eigenvalue weighted by molar-refractivity contribution is 7.29. The van der Waals surface area contributed by atoms with Gasteiger partial charge in [0.05, 0.1) is 0 Å². The van der Waals surface area contributed by atoms with Crippen molar-refractivity contribution >= 4 is 37.6 Å². The zero-order chi connectivity index (χ0) is 13.8. The Morgan fingerprint density at radius 2 is 1.00 bits per heavy atom. The van der Waals surface area contributed by atoms with Crippen molar-refractivity contribution in [2.45, 2.75) is 0 Å². The number of hydrogen-bond donors (Lipinski definition) is 0. The van der Waals surface area contributed by atoms with Crippen LogP contribution in [0.2, 0.25) is 0 Å². The van der Waals surface area contributed by atoms with Crippen LogP contribution in [0.4, 0.5) is 0 Å². The van der Waals surface area contributed by atoms with Crippen LogP contribution in [0.5, 0.6) is 0 Å². The summed E-state index contributed by atoms with van der Waals surface area (Å²) in [5.41, 5.74) is 4.00. The van der Waals surface area contributed by atoms with Gasteiger partial charge in [0.15, 0.2) is 0 Å². The van der Waals surface area contributed by atoms with Crippen LogP contribution in [0.15, 0.2) is 84.9 Å². The molecule has 0 fully saturated rings. The molecule has 0 aliphatic rings. The Kier molecular flexibility index (Phi) is 3.99. The van der Waals surface area contributed by atoms with Crippen LogP contribution in [0.1, 0.15) is 0 Å². The summed E-state index contributed by atoms with van der Waals surface area (Å²) in [7, 11) is 2.86. The maximum Gasteiger partial charge on any atom is 0.241 e. The van der Waals surface area contributed by atoms with Crippen molar-refractivity contribution in [2.75, 3.05) is 0 Å². The van der Waals surface area contributed by atoms with E-state index in [1.54, 1.807) is 0 Å². The normalized spacial score (nSPS) is 10.2. The van der Waals surface area contributed by atoms with E-state index in [4.69, 9.17) is 0 Å². The lowest BCUT2D eigenvalue weighted by Gasteiger charge is -2.17. The van der Waals surface area contributed by atoms with Gasteiger partial charge in [-0.15, -0.1) is 9.24 Å². The quantitative estimate of drug-likeness (QED) is 0.504. The fraction of sp³-hybridized carbons (Fsp3) is 0. The summed E-state index contributed by atoms with van der Waals surface area (Å²) in [6.07, 6.45) is 0. The third kappa shape index (κ3) is 2.69. The van der Waals surface area contributed by atoms with E-state index in [1.807, 2.05) is 0 Å². The minimum absolute atomic E-state index is 0.283. The van der Waals surface area contributed by atoms with Crippen molar-refractivity contribution < 1.29 is 0 Å². The molecule has 0 aromatic heterocycles. The SMILES string of the molecule is Pc1ccccc1B(c1ccccc1)c1ccccc1. The molecule has 0 saturated heterocycles. The predicted molar refractivity (Wildman–Crippen MR) is 93.3 cm³/mol. The summed E-state index contributed by atoms with van der Waals surface area (Å²) in [5, 5.41) is 1.25. The Balaban J connectivity index is 2.17. The third-order valence-corrected chi connectivity index (χ3v) is 4.10. The highest BCUT2D eigenvalue weighted by Gasteiger charge is 2.22. The second-order valence-electron chi connectivity index (χ2n) is 4.88. The Bertz CT molecular complexity index is 641. The molecular formula is C18H16BP. The summed E-state index contributed by atoms with van der Waals surface area (Å²) in [6.45, 7) is 0.283. The smallest absolute Gasteiger partial charge is 0.106 e. The van der Waals surface area contributed by atoms with Crippen LogP contribution in [-0.2, 0) is 0 Å². The third-order valence-electron chi connectivity index (χ3n) is 3.57. The van der Waals surface area contributed by atoms with Gasteiger partial charge in [-0.25, -0.2) is 0 Å². The van der Waals surface area contributed by atoms with Crippen molar-refractivity contribution in [3.05, 3.63) is 84.9 Å². The lowest BCUT2D eigenvalue weighted by Crippen LogP contribution is -2.55. The molecule has 96 valence electrons. The molecule has 0 aliphatic carbocycles. The lowest BCUT2D eigenvalue weighted by molar-refractivity contribution is 1.72. The first kappa shape index (κ1) is 13.2. The van der Waals surface area contributed by atoms with Gasteiger partial charge in [0.2, 0.25) is 6.71 Å². The Morgan fingerprint density at radius 3 is 1.50 bits per heavy atom. The molecule has 0 radical (unpaired) electrons. The van der Waals surface area contributed by atoms with Gasteiger partial charge in [-0.2, -0.15) is 0 Å². The Hall–Kier alpha value is -1.85. The molecular weight excluding hydrogens is 258 g/mol.